The molecule has 1 fully saturated rings. The summed E-state index contributed by atoms with van der Waals surface area (Å²) in [5.74, 6) is -0.808. The maximum absolute atomic E-state index is 11.9. The van der Waals surface area contributed by atoms with Crippen LogP contribution in [0.4, 0.5) is 0 Å². The van der Waals surface area contributed by atoms with Crippen LogP contribution >= 0.6 is 0 Å². The molecule has 0 aromatic rings. The van der Waals surface area contributed by atoms with Crippen molar-refractivity contribution in [2.75, 3.05) is 19.6 Å². The molecule has 1 saturated heterocycles. The SMILES string of the molecule is CCCCNC(=O)[C@H]1CC[C@@H](C)N(CC(=O)O)C1. The number of likely N-dealkylation sites (tertiary alicyclic amines) is 1. The van der Waals surface area contributed by atoms with Crippen molar-refractivity contribution in [1.29, 1.82) is 0 Å². The van der Waals surface area contributed by atoms with Crippen LogP contribution in [0.1, 0.15) is 39.5 Å². The van der Waals surface area contributed by atoms with E-state index in [0.29, 0.717) is 6.54 Å². The van der Waals surface area contributed by atoms with E-state index in [1.165, 1.54) is 0 Å². The van der Waals surface area contributed by atoms with Gasteiger partial charge in [0.25, 0.3) is 0 Å². The maximum atomic E-state index is 11.9. The lowest BCUT2D eigenvalue weighted by atomic mass is 9.92. The third kappa shape index (κ3) is 4.64. The largest absolute Gasteiger partial charge is 0.480 e. The number of piperidine rings is 1. The number of unbranched alkanes of at least 4 members (excludes halogenated alkanes) is 1. The fourth-order valence-corrected chi connectivity index (χ4v) is 2.32. The molecule has 1 amide bonds. The third-order valence-corrected chi connectivity index (χ3v) is 3.55. The Morgan fingerprint density at radius 2 is 2.11 bits per heavy atom. The maximum Gasteiger partial charge on any atom is 0.317 e. The van der Waals surface area contributed by atoms with E-state index in [0.717, 1.165) is 32.2 Å². The van der Waals surface area contributed by atoms with Crippen LogP contribution in [0, 0.1) is 5.92 Å². The van der Waals surface area contributed by atoms with Gasteiger partial charge in [0.15, 0.2) is 0 Å². The van der Waals surface area contributed by atoms with Crippen molar-refractivity contribution in [3.63, 3.8) is 0 Å². The lowest BCUT2D eigenvalue weighted by Gasteiger charge is -2.36. The predicted octanol–water partition coefficient (Wildman–Crippen LogP) is 1.09. The van der Waals surface area contributed by atoms with Gasteiger partial charge in [0, 0.05) is 19.1 Å². The van der Waals surface area contributed by atoms with Gasteiger partial charge in [0.1, 0.15) is 0 Å². The summed E-state index contributed by atoms with van der Waals surface area (Å²) in [5.41, 5.74) is 0. The van der Waals surface area contributed by atoms with E-state index in [2.05, 4.69) is 12.2 Å². The molecule has 1 aliphatic heterocycles. The van der Waals surface area contributed by atoms with Gasteiger partial charge in [0.2, 0.25) is 5.91 Å². The highest BCUT2D eigenvalue weighted by molar-refractivity contribution is 5.79. The summed E-state index contributed by atoms with van der Waals surface area (Å²) in [5, 5.41) is 11.8. The van der Waals surface area contributed by atoms with Gasteiger partial charge in [0.05, 0.1) is 12.5 Å². The zero-order valence-corrected chi connectivity index (χ0v) is 11.3. The Bertz CT molecular complexity index is 294. The molecule has 0 radical (unpaired) electrons. The minimum atomic E-state index is -0.825. The molecule has 0 spiro atoms. The van der Waals surface area contributed by atoms with Crippen molar-refractivity contribution >= 4 is 11.9 Å². The highest BCUT2D eigenvalue weighted by atomic mass is 16.4. The molecule has 2 atom stereocenters. The van der Waals surface area contributed by atoms with Crippen molar-refractivity contribution in [3.8, 4) is 0 Å². The Balaban J connectivity index is 2.42. The molecule has 104 valence electrons. The Labute approximate surface area is 109 Å². The monoisotopic (exact) mass is 256 g/mol. The summed E-state index contributed by atoms with van der Waals surface area (Å²) in [4.78, 5) is 24.6. The fraction of sp³-hybridized carbons (Fsp3) is 0.846. The average molecular weight is 256 g/mol. The predicted molar refractivity (Wildman–Crippen MR) is 69.3 cm³/mol. The second-order valence-electron chi connectivity index (χ2n) is 5.09. The number of hydrogen-bond acceptors (Lipinski definition) is 3. The molecule has 0 aliphatic carbocycles. The van der Waals surface area contributed by atoms with E-state index >= 15 is 0 Å². The van der Waals surface area contributed by atoms with Gasteiger partial charge in [-0.2, -0.15) is 0 Å². The van der Waals surface area contributed by atoms with Gasteiger partial charge in [-0.1, -0.05) is 13.3 Å². The second-order valence-corrected chi connectivity index (χ2v) is 5.09. The molecule has 0 bridgehead atoms. The van der Waals surface area contributed by atoms with Crippen LogP contribution < -0.4 is 5.32 Å². The zero-order valence-electron chi connectivity index (χ0n) is 11.3. The van der Waals surface area contributed by atoms with Crippen molar-refractivity contribution in [3.05, 3.63) is 0 Å². The quantitative estimate of drug-likeness (QED) is 0.698. The summed E-state index contributed by atoms with van der Waals surface area (Å²) >= 11 is 0. The summed E-state index contributed by atoms with van der Waals surface area (Å²) in [6.45, 7) is 5.42. The van der Waals surface area contributed by atoms with E-state index in [1.54, 1.807) is 0 Å². The molecule has 1 rings (SSSR count). The summed E-state index contributed by atoms with van der Waals surface area (Å²) in [6.07, 6.45) is 3.80. The average Bonchev–Trinajstić information content (AvgIpc) is 2.31. The van der Waals surface area contributed by atoms with E-state index in [4.69, 9.17) is 5.11 Å². The first kappa shape index (κ1) is 15.0. The first-order valence-corrected chi connectivity index (χ1v) is 6.78. The molecule has 1 aliphatic rings. The lowest BCUT2D eigenvalue weighted by Crippen LogP contribution is -2.48. The highest BCUT2D eigenvalue weighted by Crippen LogP contribution is 2.21. The molecule has 5 nitrogen and oxygen atoms in total. The van der Waals surface area contributed by atoms with Crippen molar-refractivity contribution in [2.24, 2.45) is 5.92 Å². The zero-order chi connectivity index (χ0) is 13.5. The molecule has 0 saturated carbocycles. The number of aliphatic carboxylic acids is 1. The van der Waals surface area contributed by atoms with E-state index < -0.39 is 5.97 Å². The summed E-state index contributed by atoms with van der Waals surface area (Å²) in [7, 11) is 0. The number of rotatable bonds is 6. The van der Waals surface area contributed by atoms with Crippen LogP contribution in [-0.4, -0.2) is 47.6 Å². The first-order chi connectivity index (χ1) is 8.54. The number of hydrogen-bond donors (Lipinski definition) is 2. The number of carboxylic acids is 1. The van der Waals surface area contributed by atoms with Gasteiger partial charge in [-0.05, 0) is 26.2 Å². The Morgan fingerprint density at radius 1 is 1.39 bits per heavy atom. The molecular weight excluding hydrogens is 232 g/mol. The third-order valence-electron chi connectivity index (χ3n) is 3.55. The van der Waals surface area contributed by atoms with Crippen LogP contribution in [0.2, 0.25) is 0 Å². The molecule has 18 heavy (non-hydrogen) atoms. The van der Waals surface area contributed by atoms with E-state index in [9.17, 15) is 9.59 Å². The summed E-state index contributed by atoms with van der Waals surface area (Å²) < 4.78 is 0. The normalized spacial score (nSPS) is 24.8. The molecule has 0 aromatic carbocycles. The van der Waals surface area contributed by atoms with E-state index in [1.807, 2.05) is 11.8 Å². The second kappa shape index (κ2) is 7.36. The number of carboxylic acid groups (broad SMARTS) is 1. The number of nitrogens with one attached hydrogen (secondary N) is 1. The van der Waals surface area contributed by atoms with Gasteiger partial charge < -0.3 is 10.4 Å². The topological polar surface area (TPSA) is 69.6 Å². The Morgan fingerprint density at radius 3 is 2.72 bits per heavy atom. The van der Waals surface area contributed by atoms with Gasteiger partial charge >= 0.3 is 5.97 Å². The highest BCUT2D eigenvalue weighted by Gasteiger charge is 2.30. The fourth-order valence-electron chi connectivity index (χ4n) is 2.32. The van der Waals surface area contributed by atoms with Crippen LogP contribution in [0.5, 0.6) is 0 Å². The van der Waals surface area contributed by atoms with Gasteiger partial charge in [-0.15, -0.1) is 0 Å². The van der Waals surface area contributed by atoms with Crippen LogP contribution in [-0.2, 0) is 9.59 Å². The van der Waals surface area contributed by atoms with Crippen LogP contribution in [0.15, 0.2) is 0 Å². The summed E-state index contributed by atoms with van der Waals surface area (Å²) in [6, 6.07) is 0.251. The standard InChI is InChI=1S/C13H24N2O3/c1-3-4-7-14-13(18)11-6-5-10(2)15(8-11)9-12(16)17/h10-11H,3-9H2,1-2H3,(H,14,18)(H,16,17)/t10-,11+/m1/s1. The molecule has 0 unspecified atom stereocenters. The van der Waals surface area contributed by atoms with Crippen molar-refractivity contribution in [2.45, 2.75) is 45.6 Å². The molecule has 2 N–H and O–H groups in total. The van der Waals surface area contributed by atoms with Crippen LogP contribution in [0.25, 0.3) is 0 Å². The van der Waals surface area contributed by atoms with Crippen LogP contribution in [0.3, 0.4) is 0 Å². The Hall–Kier alpha value is -1.10. The van der Waals surface area contributed by atoms with Crippen molar-refractivity contribution < 1.29 is 14.7 Å². The van der Waals surface area contributed by atoms with Gasteiger partial charge in [-0.3, -0.25) is 14.5 Å². The lowest BCUT2D eigenvalue weighted by molar-refractivity contribution is -0.140. The van der Waals surface area contributed by atoms with Gasteiger partial charge in [-0.25, -0.2) is 0 Å². The number of carbonyl (C=O) groups excluding carboxylic acids is 1. The molecule has 0 aromatic heterocycles. The molecule has 1 heterocycles. The van der Waals surface area contributed by atoms with E-state index in [-0.39, 0.29) is 24.4 Å². The molecule has 5 heteroatoms. The number of carbonyl (C=O) groups is 2. The smallest absolute Gasteiger partial charge is 0.317 e. The van der Waals surface area contributed by atoms with Crippen molar-refractivity contribution in [1.82, 2.24) is 10.2 Å². The minimum absolute atomic E-state index is 0.0277. The molecular formula is C13H24N2O3. The Kier molecular flexibility index (Phi) is 6.12. The number of amides is 1. The minimum Gasteiger partial charge on any atom is -0.480 e. The first-order valence-electron chi connectivity index (χ1n) is 6.78. The number of nitrogens with zero attached hydrogens (tertiary/aromatic N) is 1.